The van der Waals surface area contributed by atoms with Crippen molar-refractivity contribution in [3.8, 4) is 0 Å². The van der Waals surface area contributed by atoms with Crippen LogP contribution in [-0.4, -0.2) is 36.2 Å². The number of nitrogens with zero attached hydrogens (tertiary/aromatic N) is 2. The van der Waals surface area contributed by atoms with Crippen LogP contribution in [0.4, 0.5) is 10.1 Å². The average molecular weight is 406 g/mol. The fourth-order valence-electron chi connectivity index (χ4n) is 3.68. The molecule has 0 aliphatic carbocycles. The third-order valence-electron chi connectivity index (χ3n) is 5.29. The molecule has 0 spiro atoms. The van der Waals surface area contributed by atoms with Gasteiger partial charge >= 0.3 is 0 Å². The lowest BCUT2D eigenvalue weighted by Crippen LogP contribution is -2.52. The highest BCUT2D eigenvalue weighted by atomic mass is 32.1. The summed E-state index contributed by atoms with van der Waals surface area (Å²) >= 11 is 5.77. The van der Waals surface area contributed by atoms with Gasteiger partial charge in [0.25, 0.3) is 0 Å². The van der Waals surface area contributed by atoms with Crippen molar-refractivity contribution in [2.45, 2.75) is 6.04 Å². The Balaban J connectivity index is 1.43. The van der Waals surface area contributed by atoms with E-state index in [4.69, 9.17) is 12.2 Å². The first-order valence-corrected chi connectivity index (χ1v) is 10.3. The molecule has 3 aromatic carbocycles. The summed E-state index contributed by atoms with van der Waals surface area (Å²) in [4.78, 5) is 4.48. The summed E-state index contributed by atoms with van der Waals surface area (Å²) in [5.41, 5.74) is 3.42. The molecule has 1 aliphatic heterocycles. The molecule has 1 N–H and O–H groups in total. The van der Waals surface area contributed by atoms with Crippen molar-refractivity contribution < 1.29 is 4.39 Å². The number of thiocarbonyl (C=S) groups is 1. The Labute approximate surface area is 176 Å². The van der Waals surface area contributed by atoms with Crippen LogP contribution in [0.3, 0.4) is 0 Å². The summed E-state index contributed by atoms with van der Waals surface area (Å²) in [7, 11) is 0. The Kier molecular flexibility index (Phi) is 6.06. The molecule has 148 valence electrons. The Morgan fingerprint density at radius 2 is 1.28 bits per heavy atom. The van der Waals surface area contributed by atoms with Gasteiger partial charge in [-0.3, -0.25) is 0 Å². The summed E-state index contributed by atoms with van der Waals surface area (Å²) in [5.74, 6) is -0.203. The third-order valence-corrected chi connectivity index (χ3v) is 5.67. The Morgan fingerprint density at radius 1 is 0.759 bits per heavy atom. The highest BCUT2D eigenvalue weighted by Crippen LogP contribution is 2.23. The van der Waals surface area contributed by atoms with Crippen LogP contribution in [0.1, 0.15) is 17.2 Å². The normalized spacial score (nSPS) is 14.1. The molecule has 0 radical (unpaired) electrons. The lowest BCUT2D eigenvalue weighted by atomic mass is 9.99. The van der Waals surface area contributed by atoms with Crippen LogP contribution in [0.25, 0.3) is 0 Å². The van der Waals surface area contributed by atoms with Crippen LogP contribution < -0.4 is 10.2 Å². The molecular formula is C24H24FN3S. The zero-order chi connectivity index (χ0) is 20.1. The van der Waals surface area contributed by atoms with Gasteiger partial charge in [0.05, 0.1) is 6.04 Å². The molecule has 1 saturated heterocycles. The van der Waals surface area contributed by atoms with Gasteiger partial charge in [0.2, 0.25) is 0 Å². The first-order valence-electron chi connectivity index (χ1n) is 9.86. The number of anilines is 1. The monoisotopic (exact) mass is 405 g/mol. The molecule has 0 bridgehead atoms. The van der Waals surface area contributed by atoms with Gasteiger partial charge in [0, 0.05) is 31.9 Å². The second kappa shape index (κ2) is 9.05. The first-order chi connectivity index (χ1) is 14.2. The SMILES string of the molecule is Fc1ccc(N2CCN(C(=S)NC(c3ccccc3)c3ccccc3)CC2)cc1. The zero-order valence-electron chi connectivity index (χ0n) is 16.2. The van der Waals surface area contributed by atoms with Crippen molar-refractivity contribution in [2.75, 3.05) is 31.1 Å². The molecule has 1 heterocycles. The van der Waals surface area contributed by atoms with Crippen molar-refractivity contribution in [3.05, 3.63) is 102 Å². The van der Waals surface area contributed by atoms with Gasteiger partial charge in [-0.05, 0) is 47.6 Å². The molecule has 3 aromatic rings. The van der Waals surface area contributed by atoms with Crippen molar-refractivity contribution in [1.29, 1.82) is 0 Å². The summed E-state index contributed by atoms with van der Waals surface area (Å²) in [6.45, 7) is 3.38. The van der Waals surface area contributed by atoms with E-state index < -0.39 is 0 Å². The number of hydrogen-bond donors (Lipinski definition) is 1. The number of rotatable bonds is 4. The molecule has 3 nitrogen and oxygen atoms in total. The van der Waals surface area contributed by atoms with E-state index in [0.717, 1.165) is 37.0 Å². The van der Waals surface area contributed by atoms with Gasteiger partial charge in [0.1, 0.15) is 5.82 Å². The van der Waals surface area contributed by atoms with E-state index in [-0.39, 0.29) is 11.9 Å². The number of benzene rings is 3. The smallest absolute Gasteiger partial charge is 0.169 e. The van der Waals surface area contributed by atoms with Gasteiger partial charge in [-0.15, -0.1) is 0 Å². The van der Waals surface area contributed by atoms with Crippen LogP contribution in [-0.2, 0) is 0 Å². The molecular weight excluding hydrogens is 381 g/mol. The van der Waals surface area contributed by atoms with Gasteiger partial charge in [-0.2, -0.15) is 0 Å². The predicted molar refractivity (Wildman–Crippen MR) is 121 cm³/mol. The second-order valence-corrected chi connectivity index (χ2v) is 7.54. The van der Waals surface area contributed by atoms with Crippen molar-refractivity contribution in [2.24, 2.45) is 0 Å². The fourth-order valence-corrected chi connectivity index (χ4v) is 3.98. The summed E-state index contributed by atoms with van der Waals surface area (Å²) in [5, 5.41) is 4.34. The number of hydrogen-bond acceptors (Lipinski definition) is 2. The van der Waals surface area contributed by atoms with E-state index in [2.05, 4.69) is 63.6 Å². The lowest BCUT2D eigenvalue weighted by molar-refractivity contribution is 0.377. The van der Waals surface area contributed by atoms with Crippen molar-refractivity contribution in [3.63, 3.8) is 0 Å². The number of piperazine rings is 1. The summed E-state index contributed by atoms with van der Waals surface area (Å²) in [6, 6.07) is 27.5. The highest BCUT2D eigenvalue weighted by molar-refractivity contribution is 7.80. The molecule has 29 heavy (non-hydrogen) atoms. The Morgan fingerprint density at radius 3 is 1.79 bits per heavy atom. The van der Waals surface area contributed by atoms with Crippen LogP contribution in [0.15, 0.2) is 84.9 Å². The van der Waals surface area contributed by atoms with E-state index in [1.165, 1.54) is 23.3 Å². The van der Waals surface area contributed by atoms with Crippen LogP contribution >= 0.6 is 12.2 Å². The van der Waals surface area contributed by atoms with E-state index >= 15 is 0 Å². The van der Waals surface area contributed by atoms with Crippen LogP contribution in [0.2, 0.25) is 0 Å². The quantitative estimate of drug-likeness (QED) is 0.639. The fraction of sp³-hybridized carbons (Fsp3) is 0.208. The van der Waals surface area contributed by atoms with Gasteiger partial charge in [0.15, 0.2) is 5.11 Å². The molecule has 0 amide bonds. The molecule has 1 aliphatic rings. The van der Waals surface area contributed by atoms with Crippen molar-refractivity contribution in [1.82, 2.24) is 10.2 Å². The minimum atomic E-state index is -0.203. The molecule has 0 atom stereocenters. The summed E-state index contributed by atoms with van der Waals surface area (Å²) < 4.78 is 13.2. The minimum absolute atomic E-state index is 0.0139. The topological polar surface area (TPSA) is 18.5 Å². The van der Waals surface area contributed by atoms with Crippen LogP contribution in [0.5, 0.6) is 0 Å². The standard InChI is InChI=1S/C24H24FN3S/c25-21-11-13-22(14-12-21)27-15-17-28(18-16-27)24(29)26-23(19-7-3-1-4-8-19)20-9-5-2-6-10-20/h1-14,23H,15-18H2,(H,26,29). The van der Waals surface area contributed by atoms with Crippen molar-refractivity contribution >= 4 is 23.0 Å². The highest BCUT2D eigenvalue weighted by Gasteiger charge is 2.22. The second-order valence-electron chi connectivity index (χ2n) is 7.15. The molecule has 0 unspecified atom stereocenters. The molecule has 0 saturated carbocycles. The van der Waals surface area contributed by atoms with E-state index in [1.807, 2.05) is 24.3 Å². The molecule has 0 aromatic heterocycles. The number of halogens is 1. The Hall–Kier alpha value is -2.92. The van der Waals surface area contributed by atoms with Gasteiger partial charge in [-0.1, -0.05) is 60.7 Å². The minimum Gasteiger partial charge on any atom is -0.368 e. The van der Waals surface area contributed by atoms with E-state index in [1.54, 1.807) is 0 Å². The predicted octanol–water partition coefficient (Wildman–Crippen LogP) is 4.61. The maximum atomic E-state index is 13.2. The van der Waals surface area contributed by atoms with E-state index in [9.17, 15) is 4.39 Å². The molecule has 4 rings (SSSR count). The largest absolute Gasteiger partial charge is 0.368 e. The van der Waals surface area contributed by atoms with Crippen LogP contribution in [0, 0.1) is 5.82 Å². The summed E-state index contributed by atoms with van der Waals surface area (Å²) in [6.07, 6.45) is 0. The first kappa shape index (κ1) is 19.4. The number of nitrogens with one attached hydrogen (secondary N) is 1. The van der Waals surface area contributed by atoms with E-state index in [0.29, 0.717) is 0 Å². The molecule has 5 heteroatoms. The average Bonchev–Trinajstić information content (AvgIpc) is 2.79. The lowest BCUT2D eigenvalue weighted by Gasteiger charge is -2.38. The Bertz CT molecular complexity index is 884. The zero-order valence-corrected chi connectivity index (χ0v) is 17.0. The third kappa shape index (κ3) is 4.74. The van der Waals surface area contributed by atoms with Gasteiger partial charge in [-0.25, -0.2) is 4.39 Å². The van der Waals surface area contributed by atoms with Gasteiger partial charge < -0.3 is 15.1 Å². The maximum absolute atomic E-state index is 13.2. The molecule has 1 fully saturated rings. The maximum Gasteiger partial charge on any atom is 0.169 e.